The number of hydrogen-bond acceptors (Lipinski definition) is 4. The van der Waals surface area contributed by atoms with Gasteiger partial charge in [-0.25, -0.2) is 4.98 Å². The molecule has 0 aromatic carbocycles. The lowest BCUT2D eigenvalue weighted by Gasteiger charge is -2.13. The number of pyridine rings is 1. The van der Waals surface area contributed by atoms with Crippen LogP contribution in [0.2, 0.25) is 0 Å². The van der Waals surface area contributed by atoms with Crippen LogP contribution in [0.5, 0.6) is 0 Å². The second kappa shape index (κ2) is 5.78. The lowest BCUT2D eigenvalue weighted by atomic mass is 9.99. The van der Waals surface area contributed by atoms with Crippen LogP contribution in [-0.4, -0.2) is 16.0 Å². The molecule has 1 amide bonds. The van der Waals surface area contributed by atoms with Gasteiger partial charge in [0.25, 0.3) is 0 Å². The smallest absolute Gasteiger partial charge is 0.361 e. The van der Waals surface area contributed by atoms with Gasteiger partial charge in [0.15, 0.2) is 0 Å². The Morgan fingerprint density at radius 3 is 2.55 bits per heavy atom. The van der Waals surface area contributed by atoms with E-state index in [2.05, 4.69) is 15.5 Å². The Bertz CT molecular complexity index is 675. The van der Waals surface area contributed by atoms with Gasteiger partial charge in [0, 0.05) is 5.56 Å². The summed E-state index contributed by atoms with van der Waals surface area (Å²) in [5.74, 6) is -0.764. The normalized spacial score (nSPS) is 13.0. The van der Waals surface area contributed by atoms with Gasteiger partial charge in [-0.15, -0.1) is 0 Å². The van der Waals surface area contributed by atoms with E-state index in [0.29, 0.717) is 17.0 Å². The molecule has 8 heteroatoms. The average molecular weight is 313 g/mol. The summed E-state index contributed by atoms with van der Waals surface area (Å²) in [4.78, 5) is 15.6. The minimum atomic E-state index is -4.56. The zero-order chi connectivity index (χ0) is 16.5. The van der Waals surface area contributed by atoms with Gasteiger partial charge in [0.1, 0.15) is 17.3 Å². The van der Waals surface area contributed by atoms with Crippen molar-refractivity contribution in [1.82, 2.24) is 10.1 Å². The fourth-order valence-electron chi connectivity index (χ4n) is 2.14. The first-order valence-corrected chi connectivity index (χ1v) is 6.48. The minimum Gasteiger partial charge on any atom is -0.361 e. The maximum absolute atomic E-state index is 12.6. The van der Waals surface area contributed by atoms with E-state index in [1.807, 2.05) is 0 Å². The zero-order valence-corrected chi connectivity index (χ0v) is 12.2. The van der Waals surface area contributed by atoms with Gasteiger partial charge < -0.3 is 9.84 Å². The number of rotatable bonds is 3. The molecular formula is C14H14F3N3O2. The molecule has 2 aromatic heterocycles. The predicted octanol–water partition coefficient (Wildman–Crippen LogP) is 3.45. The number of nitrogens with zero attached hydrogens (tertiary/aromatic N) is 2. The summed E-state index contributed by atoms with van der Waals surface area (Å²) in [7, 11) is 0. The fraction of sp³-hybridized carbons (Fsp3) is 0.357. The van der Waals surface area contributed by atoms with Crippen molar-refractivity contribution in [2.75, 3.05) is 5.32 Å². The molecule has 0 aliphatic carbocycles. The summed E-state index contributed by atoms with van der Waals surface area (Å²) in [5, 5.41) is 6.13. The Morgan fingerprint density at radius 2 is 2.00 bits per heavy atom. The highest BCUT2D eigenvalue weighted by atomic mass is 19.4. The maximum atomic E-state index is 12.6. The first-order chi connectivity index (χ1) is 10.2. The molecule has 22 heavy (non-hydrogen) atoms. The molecule has 1 N–H and O–H groups in total. The third-order valence-corrected chi connectivity index (χ3v) is 3.21. The van der Waals surface area contributed by atoms with E-state index in [0.717, 1.165) is 6.07 Å². The SMILES string of the molecule is Cc1noc(C)c1[C@H](C)C(=O)Nc1cccc(C(F)(F)F)n1. The van der Waals surface area contributed by atoms with E-state index in [9.17, 15) is 18.0 Å². The number of halogens is 3. The van der Waals surface area contributed by atoms with Crippen LogP contribution in [0.25, 0.3) is 0 Å². The quantitative estimate of drug-likeness (QED) is 0.942. The number of alkyl halides is 3. The first kappa shape index (κ1) is 16.0. The van der Waals surface area contributed by atoms with Crippen LogP contribution in [0.15, 0.2) is 22.7 Å². The van der Waals surface area contributed by atoms with Gasteiger partial charge in [0.2, 0.25) is 5.91 Å². The molecule has 0 spiro atoms. The maximum Gasteiger partial charge on any atom is 0.433 e. The Hall–Kier alpha value is -2.38. The van der Waals surface area contributed by atoms with E-state index in [4.69, 9.17) is 4.52 Å². The highest BCUT2D eigenvalue weighted by molar-refractivity contribution is 5.95. The predicted molar refractivity (Wildman–Crippen MR) is 72.3 cm³/mol. The van der Waals surface area contributed by atoms with E-state index < -0.39 is 23.7 Å². The number of amides is 1. The van der Waals surface area contributed by atoms with Crippen molar-refractivity contribution in [3.05, 3.63) is 40.9 Å². The van der Waals surface area contributed by atoms with Crippen LogP contribution in [0.3, 0.4) is 0 Å². The van der Waals surface area contributed by atoms with Gasteiger partial charge in [-0.3, -0.25) is 4.79 Å². The summed E-state index contributed by atoms with van der Waals surface area (Å²) < 4.78 is 42.8. The molecule has 5 nitrogen and oxygen atoms in total. The third kappa shape index (κ3) is 3.26. The Kier molecular flexibility index (Phi) is 4.20. The molecule has 0 saturated heterocycles. The topological polar surface area (TPSA) is 68.0 Å². The second-order valence-corrected chi connectivity index (χ2v) is 4.85. The number of nitrogens with one attached hydrogen (secondary N) is 1. The second-order valence-electron chi connectivity index (χ2n) is 4.85. The summed E-state index contributed by atoms with van der Waals surface area (Å²) in [6.45, 7) is 4.98. The summed E-state index contributed by atoms with van der Waals surface area (Å²) in [6.07, 6.45) is -4.56. The van der Waals surface area contributed by atoms with Gasteiger partial charge in [0.05, 0.1) is 11.6 Å². The van der Waals surface area contributed by atoms with Crippen LogP contribution < -0.4 is 5.32 Å². The molecule has 0 aliphatic rings. The summed E-state index contributed by atoms with van der Waals surface area (Å²) >= 11 is 0. The Morgan fingerprint density at radius 1 is 1.32 bits per heavy atom. The molecule has 0 radical (unpaired) electrons. The van der Waals surface area contributed by atoms with Gasteiger partial charge in [-0.1, -0.05) is 11.2 Å². The third-order valence-electron chi connectivity index (χ3n) is 3.21. The first-order valence-electron chi connectivity index (χ1n) is 6.48. The van der Waals surface area contributed by atoms with Crippen LogP contribution in [0.1, 0.15) is 35.6 Å². The van der Waals surface area contributed by atoms with Crippen molar-refractivity contribution in [3.63, 3.8) is 0 Å². The number of hydrogen-bond donors (Lipinski definition) is 1. The van der Waals surface area contributed by atoms with E-state index in [1.165, 1.54) is 12.1 Å². The van der Waals surface area contributed by atoms with Crippen molar-refractivity contribution in [3.8, 4) is 0 Å². The molecule has 2 heterocycles. The average Bonchev–Trinajstić information content (AvgIpc) is 2.76. The monoisotopic (exact) mass is 313 g/mol. The largest absolute Gasteiger partial charge is 0.433 e. The molecular weight excluding hydrogens is 299 g/mol. The van der Waals surface area contributed by atoms with Crippen LogP contribution in [0.4, 0.5) is 19.0 Å². The molecule has 2 aromatic rings. The highest BCUT2D eigenvalue weighted by Gasteiger charge is 2.32. The molecule has 0 fully saturated rings. The number of anilines is 1. The Labute approximate surface area is 124 Å². The number of aromatic nitrogens is 2. The van der Waals surface area contributed by atoms with E-state index in [-0.39, 0.29) is 5.82 Å². The molecule has 0 aliphatic heterocycles. The van der Waals surface area contributed by atoms with Crippen molar-refractivity contribution >= 4 is 11.7 Å². The van der Waals surface area contributed by atoms with E-state index in [1.54, 1.807) is 20.8 Å². The van der Waals surface area contributed by atoms with Crippen molar-refractivity contribution < 1.29 is 22.5 Å². The lowest BCUT2D eigenvalue weighted by molar-refractivity contribution is -0.141. The van der Waals surface area contributed by atoms with Gasteiger partial charge in [-0.05, 0) is 32.9 Å². The summed E-state index contributed by atoms with van der Waals surface area (Å²) in [6, 6.07) is 3.33. The lowest BCUT2D eigenvalue weighted by Crippen LogP contribution is -2.21. The molecule has 0 bridgehead atoms. The molecule has 0 unspecified atom stereocenters. The number of carbonyl (C=O) groups excluding carboxylic acids is 1. The van der Waals surface area contributed by atoms with Crippen molar-refractivity contribution in [1.29, 1.82) is 0 Å². The minimum absolute atomic E-state index is 0.154. The van der Waals surface area contributed by atoms with Crippen molar-refractivity contribution in [2.24, 2.45) is 0 Å². The molecule has 2 rings (SSSR count). The molecule has 1 atom stereocenters. The molecule has 118 valence electrons. The van der Waals surface area contributed by atoms with E-state index >= 15 is 0 Å². The zero-order valence-electron chi connectivity index (χ0n) is 12.2. The summed E-state index contributed by atoms with van der Waals surface area (Å²) in [5.41, 5.74) is 0.122. The Balaban J connectivity index is 2.19. The fourth-order valence-corrected chi connectivity index (χ4v) is 2.14. The van der Waals surface area contributed by atoms with Crippen LogP contribution in [0, 0.1) is 13.8 Å². The highest BCUT2D eigenvalue weighted by Crippen LogP contribution is 2.29. The van der Waals surface area contributed by atoms with Crippen molar-refractivity contribution in [2.45, 2.75) is 32.9 Å². The van der Waals surface area contributed by atoms with Crippen LogP contribution in [-0.2, 0) is 11.0 Å². The number of carbonyl (C=O) groups is 1. The van der Waals surface area contributed by atoms with Gasteiger partial charge >= 0.3 is 6.18 Å². The van der Waals surface area contributed by atoms with Gasteiger partial charge in [-0.2, -0.15) is 13.2 Å². The van der Waals surface area contributed by atoms with Crippen LogP contribution >= 0.6 is 0 Å². The number of aryl methyl sites for hydroxylation is 2. The molecule has 0 saturated carbocycles. The standard InChI is InChI=1S/C14H14F3N3O2/c1-7(12-8(2)20-22-9(12)3)13(21)19-11-6-4-5-10(18-11)14(15,16)17/h4-7H,1-3H3,(H,18,19,21)/t7-/m0/s1.